The van der Waals surface area contributed by atoms with E-state index < -0.39 is 11.1 Å². The van der Waals surface area contributed by atoms with Gasteiger partial charge in [-0.15, -0.1) is 6.58 Å². The molecule has 0 fully saturated rings. The van der Waals surface area contributed by atoms with Gasteiger partial charge in [0.05, 0.1) is 13.7 Å². The molecular weight excluding hydrogens is 256 g/mol. The van der Waals surface area contributed by atoms with E-state index in [0.717, 1.165) is 11.3 Å². The van der Waals surface area contributed by atoms with Crippen molar-refractivity contribution < 1.29 is 4.74 Å². The molecule has 0 radical (unpaired) electrons. The molecule has 2 aromatic rings. The van der Waals surface area contributed by atoms with E-state index in [1.54, 1.807) is 25.6 Å². The van der Waals surface area contributed by atoms with Gasteiger partial charge in [-0.2, -0.15) is 0 Å². The highest BCUT2D eigenvalue weighted by Crippen LogP contribution is 2.11. The maximum Gasteiger partial charge on any atom is 0.316 e. The fourth-order valence-corrected chi connectivity index (χ4v) is 1.88. The van der Waals surface area contributed by atoms with Gasteiger partial charge in [-0.05, 0) is 17.7 Å². The molecule has 0 aliphatic carbocycles. The molecule has 104 valence electrons. The quantitative estimate of drug-likeness (QED) is 0.608. The molecule has 0 atom stereocenters. The maximum absolute atomic E-state index is 12.0. The van der Waals surface area contributed by atoms with Crippen molar-refractivity contribution in [1.29, 1.82) is 0 Å². The van der Waals surface area contributed by atoms with E-state index in [0.29, 0.717) is 13.1 Å². The Morgan fingerprint density at radius 3 is 2.30 bits per heavy atom. The molecule has 0 saturated heterocycles. The normalized spacial score (nSPS) is 10.2. The first-order chi connectivity index (χ1) is 9.65. The summed E-state index contributed by atoms with van der Waals surface area (Å²) in [6, 6.07) is 7.36. The topological polar surface area (TPSA) is 53.2 Å². The van der Waals surface area contributed by atoms with Gasteiger partial charge in [-0.3, -0.25) is 9.59 Å². The zero-order valence-corrected chi connectivity index (χ0v) is 11.3. The summed E-state index contributed by atoms with van der Waals surface area (Å²) in [5, 5.41) is 0. The molecule has 1 heterocycles. The molecule has 0 aliphatic rings. The fourth-order valence-electron chi connectivity index (χ4n) is 1.88. The number of benzene rings is 1. The Hall–Kier alpha value is -2.56. The molecule has 5 nitrogen and oxygen atoms in total. The predicted octanol–water partition coefficient (Wildman–Crippen LogP) is 1.25. The maximum atomic E-state index is 12.0. The Balaban J connectivity index is 2.29. The minimum Gasteiger partial charge on any atom is -0.497 e. The summed E-state index contributed by atoms with van der Waals surface area (Å²) >= 11 is 0. The highest BCUT2D eigenvalue weighted by Gasteiger charge is 2.04. The van der Waals surface area contributed by atoms with Crippen molar-refractivity contribution in [3.05, 3.63) is 75.6 Å². The minimum absolute atomic E-state index is 0.331. The molecule has 0 amide bonds. The van der Waals surface area contributed by atoms with E-state index in [2.05, 4.69) is 6.58 Å². The molecule has 2 rings (SSSR count). The Morgan fingerprint density at radius 1 is 1.10 bits per heavy atom. The van der Waals surface area contributed by atoms with Crippen LogP contribution in [0.25, 0.3) is 0 Å². The second kappa shape index (κ2) is 6.06. The summed E-state index contributed by atoms with van der Waals surface area (Å²) in [4.78, 5) is 23.8. The van der Waals surface area contributed by atoms with Crippen molar-refractivity contribution >= 4 is 0 Å². The number of hydrogen-bond donors (Lipinski definition) is 0. The first-order valence-corrected chi connectivity index (χ1v) is 6.19. The van der Waals surface area contributed by atoms with Gasteiger partial charge in [0.1, 0.15) is 5.75 Å². The van der Waals surface area contributed by atoms with Crippen molar-refractivity contribution in [3.8, 4) is 5.75 Å². The zero-order valence-electron chi connectivity index (χ0n) is 11.3. The first-order valence-electron chi connectivity index (χ1n) is 6.19. The van der Waals surface area contributed by atoms with Crippen LogP contribution in [0.2, 0.25) is 0 Å². The van der Waals surface area contributed by atoms with Crippen LogP contribution in [0, 0.1) is 0 Å². The molecule has 20 heavy (non-hydrogen) atoms. The van der Waals surface area contributed by atoms with Gasteiger partial charge in [0.25, 0.3) is 0 Å². The van der Waals surface area contributed by atoms with Gasteiger partial charge in [-0.25, -0.2) is 0 Å². The lowest BCUT2D eigenvalue weighted by atomic mass is 10.2. The number of nitrogens with zero attached hydrogens (tertiary/aromatic N) is 2. The smallest absolute Gasteiger partial charge is 0.316 e. The monoisotopic (exact) mass is 272 g/mol. The second-order valence-electron chi connectivity index (χ2n) is 4.33. The van der Waals surface area contributed by atoms with Gasteiger partial charge in [0.2, 0.25) is 0 Å². The SMILES string of the molecule is C=CCn1ccn(Cc2ccc(OC)cc2)c(=O)c1=O. The summed E-state index contributed by atoms with van der Waals surface area (Å²) in [5.74, 6) is 0.752. The van der Waals surface area contributed by atoms with E-state index in [-0.39, 0.29) is 0 Å². The number of aromatic nitrogens is 2. The molecule has 0 bridgehead atoms. The summed E-state index contributed by atoms with van der Waals surface area (Å²) < 4.78 is 7.80. The Kier molecular flexibility index (Phi) is 4.20. The second-order valence-corrected chi connectivity index (χ2v) is 4.33. The van der Waals surface area contributed by atoms with Crippen LogP contribution in [-0.4, -0.2) is 16.2 Å². The van der Waals surface area contributed by atoms with E-state index in [1.807, 2.05) is 24.3 Å². The van der Waals surface area contributed by atoms with Crippen molar-refractivity contribution in [3.63, 3.8) is 0 Å². The first kappa shape index (κ1) is 13.9. The fraction of sp³-hybridized carbons (Fsp3) is 0.200. The molecular formula is C15H16N2O3. The van der Waals surface area contributed by atoms with Gasteiger partial charge in [-0.1, -0.05) is 18.2 Å². The van der Waals surface area contributed by atoms with Crippen molar-refractivity contribution in [2.24, 2.45) is 0 Å². The number of allylic oxidation sites excluding steroid dienone is 1. The lowest BCUT2D eigenvalue weighted by Gasteiger charge is -2.08. The summed E-state index contributed by atoms with van der Waals surface area (Å²) in [6.45, 7) is 4.24. The zero-order chi connectivity index (χ0) is 14.5. The Morgan fingerprint density at radius 2 is 1.70 bits per heavy atom. The van der Waals surface area contributed by atoms with Crippen LogP contribution in [0.5, 0.6) is 5.75 Å². The largest absolute Gasteiger partial charge is 0.497 e. The van der Waals surface area contributed by atoms with E-state index >= 15 is 0 Å². The van der Waals surface area contributed by atoms with Crippen LogP contribution in [0.15, 0.2) is 58.9 Å². The van der Waals surface area contributed by atoms with Crippen molar-refractivity contribution in [2.75, 3.05) is 7.11 Å². The molecule has 0 unspecified atom stereocenters. The molecule has 1 aromatic heterocycles. The average Bonchev–Trinajstić information content (AvgIpc) is 2.48. The highest BCUT2D eigenvalue weighted by atomic mass is 16.5. The lowest BCUT2D eigenvalue weighted by Crippen LogP contribution is -2.40. The van der Waals surface area contributed by atoms with Crippen LogP contribution in [0.3, 0.4) is 0 Å². The number of rotatable bonds is 5. The summed E-state index contributed by atoms with van der Waals surface area (Å²) in [7, 11) is 1.60. The number of methoxy groups -OCH3 is 1. The van der Waals surface area contributed by atoms with Crippen LogP contribution in [-0.2, 0) is 13.1 Å². The van der Waals surface area contributed by atoms with Gasteiger partial charge >= 0.3 is 11.1 Å². The average molecular weight is 272 g/mol. The molecule has 0 N–H and O–H groups in total. The third-order valence-corrected chi connectivity index (χ3v) is 2.97. The van der Waals surface area contributed by atoms with E-state index in [1.165, 1.54) is 9.13 Å². The van der Waals surface area contributed by atoms with Crippen LogP contribution < -0.4 is 15.9 Å². The van der Waals surface area contributed by atoms with E-state index in [4.69, 9.17) is 4.74 Å². The highest BCUT2D eigenvalue weighted by molar-refractivity contribution is 5.27. The third-order valence-electron chi connectivity index (χ3n) is 2.97. The third kappa shape index (κ3) is 2.88. The van der Waals surface area contributed by atoms with Gasteiger partial charge in [0, 0.05) is 18.9 Å². The molecule has 1 aromatic carbocycles. The Labute approximate surface area is 116 Å². The molecule has 0 aliphatic heterocycles. The van der Waals surface area contributed by atoms with Crippen LogP contribution in [0.4, 0.5) is 0 Å². The van der Waals surface area contributed by atoms with E-state index in [9.17, 15) is 9.59 Å². The standard InChI is InChI=1S/C15H16N2O3/c1-3-8-16-9-10-17(15(19)14(16)18)11-12-4-6-13(20-2)7-5-12/h3-7,9-10H,1,8,11H2,2H3. The van der Waals surface area contributed by atoms with Crippen LogP contribution >= 0.6 is 0 Å². The van der Waals surface area contributed by atoms with Crippen molar-refractivity contribution in [1.82, 2.24) is 9.13 Å². The van der Waals surface area contributed by atoms with Gasteiger partial charge in [0.15, 0.2) is 0 Å². The van der Waals surface area contributed by atoms with Crippen molar-refractivity contribution in [2.45, 2.75) is 13.1 Å². The Bertz CT molecular complexity index is 711. The van der Waals surface area contributed by atoms with Crippen LogP contribution in [0.1, 0.15) is 5.56 Å². The molecule has 5 heteroatoms. The molecule has 0 spiro atoms. The minimum atomic E-state index is -0.541. The number of hydrogen-bond acceptors (Lipinski definition) is 3. The number of ether oxygens (including phenoxy) is 1. The predicted molar refractivity (Wildman–Crippen MR) is 77.3 cm³/mol. The molecule has 0 saturated carbocycles. The lowest BCUT2D eigenvalue weighted by molar-refractivity contribution is 0.414. The summed E-state index contributed by atoms with van der Waals surface area (Å²) in [5.41, 5.74) is -0.153. The summed E-state index contributed by atoms with van der Waals surface area (Å²) in [6.07, 6.45) is 4.78. The van der Waals surface area contributed by atoms with Gasteiger partial charge < -0.3 is 13.9 Å².